The van der Waals surface area contributed by atoms with Crippen LogP contribution in [0.2, 0.25) is 0 Å². The third kappa shape index (κ3) is 8.76. The van der Waals surface area contributed by atoms with Gasteiger partial charge in [-0.1, -0.05) is 44.2 Å². The average Bonchev–Trinajstić information content (AvgIpc) is 3.36. The van der Waals surface area contributed by atoms with Crippen LogP contribution in [0.15, 0.2) is 59.5 Å². The van der Waals surface area contributed by atoms with Crippen LogP contribution in [-0.2, 0) is 35.0 Å². The molecular weight excluding hydrogens is 517 g/mol. The molecule has 1 saturated heterocycles. The van der Waals surface area contributed by atoms with Crippen LogP contribution >= 0.6 is 8.69 Å². The summed E-state index contributed by atoms with van der Waals surface area (Å²) in [6.07, 6.45) is -1.05. The molecule has 1 amide bonds. The molecular formula is C25H35N3O7PS+. The summed E-state index contributed by atoms with van der Waals surface area (Å²) in [5.41, 5.74) is 7.07. The standard InChI is InChI=1S/C25H34N3O7PS/c1-18(2)15-28(37(31,32)22-10-8-20(26)9-11-22)16-24(35-36-30)23(14-19-6-4-3-5-7-19)27-25(29)34-21-12-13-33-17-21/h3-11,18,21,23-24,36H,12-17,26H2,1-2H3/p+1. The molecule has 0 aliphatic carbocycles. The second-order valence-corrected chi connectivity index (χ2v) is 11.7. The molecule has 0 bridgehead atoms. The first-order valence-electron chi connectivity index (χ1n) is 12.2. The number of nitrogen functional groups attached to an aromatic ring is 1. The highest BCUT2D eigenvalue weighted by atomic mass is 32.2. The number of alkyl carbamates (subject to hydrolysis) is 1. The number of carbonyl (C=O) groups is 1. The molecule has 4 unspecified atom stereocenters. The molecule has 202 valence electrons. The minimum Gasteiger partial charge on any atom is -0.444 e. The van der Waals surface area contributed by atoms with Gasteiger partial charge in [-0.3, -0.25) is 0 Å². The Labute approximate surface area is 219 Å². The van der Waals surface area contributed by atoms with Crippen LogP contribution in [0.3, 0.4) is 0 Å². The summed E-state index contributed by atoms with van der Waals surface area (Å²) < 4.78 is 56.4. The van der Waals surface area contributed by atoms with Crippen LogP contribution in [0.25, 0.3) is 0 Å². The van der Waals surface area contributed by atoms with Crippen molar-refractivity contribution in [2.75, 3.05) is 32.0 Å². The third-order valence-corrected chi connectivity index (χ3v) is 8.13. The summed E-state index contributed by atoms with van der Waals surface area (Å²) in [5, 5.41) is 2.82. The predicted molar refractivity (Wildman–Crippen MR) is 141 cm³/mol. The number of benzene rings is 2. The maximum Gasteiger partial charge on any atom is 0.494 e. The van der Waals surface area contributed by atoms with E-state index in [9.17, 15) is 17.8 Å². The first kappa shape index (κ1) is 29.0. The smallest absolute Gasteiger partial charge is 0.444 e. The van der Waals surface area contributed by atoms with Crippen molar-refractivity contribution < 1.29 is 31.8 Å². The Morgan fingerprint density at radius 2 is 1.86 bits per heavy atom. The normalized spacial score (nSPS) is 17.7. The number of rotatable bonds is 13. The summed E-state index contributed by atoms with van der Waals surface area (Å²) in [6, 6.07) is 14.6. The number of nitrogens with one attached hydrogen (secondary N) is 1. The average molecular weight is 553 g/mol. The molecule has 37 heavy (non-hydrogen) atoms. The molecule has 12 heteroatoms. The van der Waals surface area contributed by atoms with Crippen LogP contribution in [-0.4, -0.2) is 63.4 Å². The highest BCUT2D eigenvalue weighted by Gasteiger charge is 2.35. The van der Waals surface area contributed by atoms with Gasteiger partial charge in [0.15, 0.2) is 0 Å². The number of sulfonamides is 1. The fraction of sp³-hybridized carbons (Fsp3) is 0.480. The lowest BCUT2D eigenvalue weighted by Gasteiger charge is -2.30. The highest BCUT2D eigenvalue weighted by molar-refractivity contribution is 7.89. The van der Waals surface area contributed by atoms with Gasteiger partial charge in [-0.25, -0.2) is 13.2 Å². The molecule has 0 aromatic heterocycles. The number of carbonyl (C=O) groups excluding carboxylic acids is 1. The summed E-state index contributed by atoms with van der Waals surface area (Å²) in [5.74, 6) is -0.00762. The summed E-state index contributed by atoms with van der Waals surface area (Å²) in [7, 11) is -5.10. The Morgan fingerprint density at radius 3 is 2.46 bits per heavy atom. The molecule has 1 aliphatic heterocycles. The molecule has 3 rings (SSSR count). The van der Waals surface area contributed by atoms with Crippen molar-refractivity contribution in [3.63, 3.8) is 0 Å². The van der Waals surface area contributed by atoms with Crippen molar-refractivity contribution >= 4 is 30.5 Å². The highest BCUT2D eigenvalue weighted by Crippen LogP contribution is 2.23. The van der Waals surface area contributed by atoms with Crippen molar-refractivity contribution in [1.82, 2.24) is 9.62 Å². The van der Waals surface area contributed by atoms with E-state index in [4.69, 9.17) is 19.7 Å². The quantitative estimate of drug-likeness (QED) is 0.285. The maximum absolute atomic E-state index is 13.6. The van der Waals surface area contributed by atoms with E-state index >= 15 is 0 Å². The lowest BCUT2D eigenvalue weighted by atomic mass is 10.0. The Hall–Kier alpha value is -2.56. The third-order valence-electron chi connectivity index (χ3n) is 5.88. The fourth-order valence-electron chi connectivity index (χ4n) is 4.06. The topological polar surface area (TPSA) is 137 Å². The molecule has 3 N–H and O–H groups in total. The van der Waals surface area contributed by atoms with Crippen LogP contribution in [0, 0.1) is 5.92 Å². The van der Waals surface area contributed by atoms with Gasteiger partial charge in [0.1, 0.15) is 12.2 Å². The number of anilines is 1. The molecule has 4 atom stereocenters. The first-order valence-corrected chi connectivity index (χ1v) is 14.4. The van der Waals surface area contributed by atoms with Gasteiger partial charge in [0.25, 0.3) is 0 Å². The van der Waals surface area contributed by atoms with E-state index in [-0.39, 0.29) is 30.0 Å². The molecule has 1 aliphatic rings. The number of amides is 1. The van der Waals surface area contributed by atoms with Gasteiger partial charge in [-0.05, 0) is 46.7 Å². The van der Waals surface area contributed by atoms with Gasteiger partial charge in [-0.2, -0.15) is 4.31 Å². The maximum atomic E-state index is 13.6. The molecule has 10 nitrogen and oxygen atoms in total. The van der Waals surface area contributed by atoms with Crippen LogP contribution in [0.4, 0.5) is 10.5 Å². The second-order valence-electron chi connectivity index (χ2n) is 9.36. The minimum absolute atomic E-state index is 0.00762. The number of nitrogens with two attached hydrogens (primary N) is 1. The molecule has 0 saturated carbocycles. The molecule has 0 radical (unpaired) electrons. The van der Waals surface area contributed by atoms with Crippen molar-refractivity contribution in [1.29, 1.82) is 0 Å². The number of ether oxygens (including phenoxy) is 2. The van der Waals surface area contributed by atoms with Crippen molar-refractivity contribution in [3.05, 3.63) is 60.2 Å². The summed E-state index contributed by atoms with van der Waals surface area (Å²) in [6.45, 7) is 4.69. The van der Waals surface area contributed by atoms with Gasteiger partial charge >= 0.3 is 14.8 Å². The van der Waals surface area contributed by atoms with Gasteiger partial charge in [0.05, 0.1) is 24.2 Å². The van der Waals surface area contributed by atoms with E-state index in [0.717, 1.165) is 5.56 Å². The molecule has 1 heterocycles. The SMILES string of the molecule is CC(C)CN(CC(O[PH+]=O)C(Cc1ccccc1)NC(=O)OC1CCOC1)S(=O)(=O)c1ccc(N)cc1. The monoisotopic (exact) mass is 552 g/mol. The van der Waals surface area contributed by atoms with Crippen LogP contribution in [0.5, 0.6) is 0 Å². The Kier molecular flexibility index (Phi) is 10.8. The Balaban J connectivity index is 1.88. The van der Waals surface area contributed by atoms with E-state index in [1.54, 1.807) is 0 Å². The summed E-state index contributed by atoms with van der Waals surface area (Å²) in [4.78, 5) is 12.8. The van der Waals surface area contributed by atoms with Crippen LogP contribution < -0.4 is 11.1 Å². The predicted octanol–water partition coefficient (Wildman–Crippen LogP) is 3.37. The van der Waals surface area contributed by atoms with E-state index < -0.39 is 36.9 Å². The molecule has 1 fully saturated rings. The van der Waals surface area contributed by atoms with E-state index in [0.29, 0.717) is 31.7 Å². The zero-order valence-electron chi connectivity index (χ0n) is 21.0. The van der Waals surface area contributed by atoms with E-state index in [2.05, 4.69) is 5.32 Å². The van der Waals surface area contributed by atoms with Gasteiger partial charge in [0.2, 0.25) is 10.0 Å². The zero-order valence-corrected chi connectivity index (χ0v) is 22.9. The molecule has 0 spiro atoms. The van der Waals surface area contributed by atoms with Crippen molar-refractivity contribution in [3.8, 4) is 0 Å². The minimum atomic E-state index is -3.94. The van der Waals surface area contributed by atoms with E-state index in [1.807, 2.05) is 44.2 Å². The lowest BCUT2D eigenvalue weighted by Crippen LogP contribution is -2.51. The molecule has 2 aromatic rings. The van der Waals surface area contributed by atoms with Gasteiger partial charge in [0, 0.05) is 25.2 Å². The summed E-state index contributed by atoms with van der Waals surface area (Å²) >= 11 is 0. The van der Waals surface area contributed by atoms with Crippen LogP contribution in [0.1, 0.15) is 25.8 Å². The largest absolute Gasteiger partial charge is 0.494 e. The lowest BCUT2D eigenvalue weighted by molar-refractivity contribution is 0.0716. The second kappa shape index (κ2) is 13.8. The Bertz CT molecular complexity index is 1110. The van der Waals surface area contributed by atoms with Gasteiger partial charge in [-0.15, -0.1) is 4.52 Å². The van der Waals surface area contributed by atoms with Crippen molar-refractivity contribution in [2.45, 2.75) is 49.8 Å². The zero-order chi connectivity index (χ0) is 26.8. The molecule has 2 aromatic carbocycles. The van der Waals surface area contributed by atoms with E-state index in [1.165, 1.54) is 28.6 Å². The first-order chi connectivity index (χ1) is 17.7. The Morgan fingerprint density at radius 1 is 1.16 bits per heavy atom. The number of nitrogens with zero attached hydrogens (tertiary/aromatic N) is 1. The number of hydrogen-bond donors (Lipinski definition) is 2. The fourth-order valence-corrected chi connectivity index (χ4v) is 6.04. The van der Waals surface area contributed by atoms with Gasteiger partial charge < -0.3 is 20.5 Å². The number of hydrogen-bond acceptors (Lipinski definition) is 8. The van der Waals surface area contributed by atoms with Crippen molar-refractivity contribution in [2.24, 2.45) is 5.92 Å².